The fraction of sp³-hybridized carbons (Fsp3) is 0.667. The van der Waals surface area contributed by atoms with Crippen LogP contribution < -0.4 is 5.11 Å². The van der Waals surface area contributed by atoms with Gasteiger partial charge in [0, 0.05) is 12.4 Å². The number of aliphatic carboxylic acids is 2. The van der Waals surface area contributed by atoms with Crippen LogP contribution in [0.2, 0.25) is 0 Å². The maximum atomic E-state index is 10.3. The molecule has 0 aliphatic carbocycles. The third-order valence-corrected chi connectivity index (χ3v) is 2.10. The average Bonchev–Trinajstić information content (AvgIpc) is 1.86. The summed E-state index contributed by atoms with van der Waals surface area (Å²) in [6.07, 6.45) is -0.423. The summed E-state index contributed by atoms with van der Waals surface area (Å²) in [6, 6.07) is 0. The lowest BCUT2D eigenvalue weighted by Gasteiger charge is -2.10. The van der Waals surface area contributed by atoms with Gasteiger partial charge in [-0.15, -0.1) is 11.8 Å². The van der Waals surface area contributed by atoms with Crippen LogP contribution in [0.5, 0.6) is 0 Å². The minimum atomic E-state index is -1.32. The quantitative estimate of drug-likeness (QED) is 0.602. The smallest absolute Gasteiger partial charge is 0.316 e. The number of carbonyl (C=O) groups excluding carboxylic acids is 1. The van der Waals surface area contributed by atoms with Crippen molar-refractivity contribution < 1.29 is 19.8 Å². The molecule has 11 heavy (non-hydrogen) atoms. The van der Waals surface area contributed by atoms with E-state index in [0.717, 1.165) is 11.8 Å². The van der Waals surface area contributed by atoms with Crippen molar-refractivity contribution in [2.75, 3.05) is 5.75 Å². The molecule has 0 heterocycles. The molecule has 0 aliphatic heterocycles. The van der Waals surface area contributed by atoms with Crippen LogP contribution in [0.15, 0.2) is 0 Å². The van der Waals surface area contributed by atoms with Gasteiger partial charge in [0.1, 0.15) is 5.25 Å². The molecule has 1 unspecified atom stereocenters. The van der Waals surface area contributed by atoms with E-state index in [9.17, 15) is 14.7 Å². The van der Waals surface area contributed by atoms with E-state index in [1.165, 1.54) is 0 Å². The van der Waals surface area contributed by atoms with Crippen molar-refractivity contribution in [3.8, 4) is 0 Å². The van der Waals surface area contributed by atoms with Crippen molar-refractivity contribution in [1.82, 2.24) is 0 Å². The number of carbonyl (C=O) groups is 2. The molecule has 0 amide bonds. The van der Waals surface area contributed by atoms with Crippen molar-refractivity contribution in [1.29, 1.82) is 0 Å². The van der Waals surface area contributed by atoms with E-state index in [1.807, 2.05) is 0 Å². The van der Waals surface area contributed by atoms with Crippen LogP contribution in [0.25, 0.3) is 0 Å². The van der Waals surface area contributed by atoms with Gasteiger partial charge in [-0.25, -0.2) is 0 Å². The fourth-order valence-electron chi connectivity index (χ4n) is 0.570. The maximum Gasteiger partial charge on any atom is 0.316 e. The molecule has 0 saturated heterocycles. The van der Waals surface area contributed by atoms with Crippen molar-refractivity contribution in [3.63, 3.8) is 0 Å². The topological polar surface area (TPSA) is 77.4 Å². The van der Waals surface area contributed by atoms with Gasteiger partial charge >= 0.3 is 5.97 Å². The second-order valence-corrected chi connectivity index (χ2v) is 3.34. The zero-order chi connectivity index (χ0) is 8.85. The number of thioether (sulfide) groups is 1. The largest absolute Gasteiger partial charge is 0.550 e. The van der Waals surface area contributed by atoms with Gasteiger partial charge in [0.2, 0.25) is 0 Å². The van der Waals surface area contributed by atoms with Crippen LogP contribution in [0.3, 0.4) is 0 Å². The molecule has 0 aromatic heterocycles. The Morgan fingerprint density at radius 2 is 2.18 bits per heavy atom. The van der Waals surface area contributed by atoms with E-state index in [4.69, 9.17) is 5.11 Å². The lowest BCUT2D eigenvalue weighted by atomic mass is 10.3. The Kier molecular flexibility index (Phi) is 4.69. The van der Waals surface area contributed by atoms with Crippen LogP contribution in [-0.2, 0) is 9.59 Å². The summed E-state index contributed by atoms with van der Waals surface area (Å²) in [5, 5.41) is 17.6. The monoisotopic (exact) mass is 177 g/mol. The molecule has 0 bridgehead atoms. The van der Waals surface area contributed by atoms with Gasteiger partial charge in [-0.05, 0) is 5.75 Å². The third kappa shape index (κ3) is 4.66. The number of hydrogen-bond donors (Lipinski definition) is 1. The van der Waals surface area contributed by atoms with Gasteiger partial charge in [0.25, 0.3) is 0 Å². The molecule has 0 rings (SSSR count). The molecule has 0 aliphatic rings. The maximum absolute atomic E-state index is 10.3. The van der Waals surface area contributed by atoms with Gasteiger partial charge in [-0.3, -0.25) is 4.79 Å². The van der Waals surface area contributed by atoms with E-state index in [-0.39, 0.29) is 0 Å². The molecule has 5 heteroatoms. The fourth-order valence-corrected chi connectivity index (χ4v) is 1.37. The molecule has 0 saturated carbocycles. The molecule has 4 nitrogen and oxygen atoms in total. The standard InChI is InChI=1S/C6H10O4S/c1-2-11-4(6(9)10)3-5(7)8/h4H,2-3H2,1H3,(H,7,8)(H,9,10)/p-1. The summed E-state index contributed by atoms with van der Waals surface area (Å²) < 4.78 is 0. The summed E-state index contributed by atoms with van der Waals surface area (Å²) in [6.45, 7) is 1.77. The zero-order valence-corrected chi connectivity index (χ0v) is 6.89. The van der Waals surface area contributed by atoms with Gasteiger partial charge < -0.3 is 15.0 Å². The van der Waals surface area contributed by atoms with Crippen LogP contribution in [0.4, 0.5) is 0 Å². The summed E-state index contributed by atoms with van der Waals surface area (Å²) in [7, 11) is 0. The average molecular weight is 177 g/mol. The van der Waals surface area contributed by atoms with Crippen molar-refractivity contribution in [3.05, 3.63) is 0 Å². The Morgan fingerprint density at radius 1 is 1.64 bits per heavy atom. The predicted octanol–water partition coefficient (Wildman–Crippen LogP) is -0.667. The predicted molar refractivity (Wildman–Crippen MR) is 39.2 cm³/mol. The summed E-state index contributed by atoms with van der Waals surface area (Å²) in [5.74, 6) is -1.83. The minimum Gasteiger partial charge on any atom is -0.550 e. The lowest BCUT2D eigenvalue weighted by Crippen LogP contribution is -2.30. The van der Waals surface area contributed by atoms with Gasteiger partial charge in [-0.1, -0.05) is 6.92 Å². The van der Waals surface area contributed by atoms with E-state index in [1.54, 1.807) is 6.92 Å². The van der Waals surface area contributed by atoms with Crippen molar-refractivity contribution in [2.45, 2.75) is 18.6 Å². The molecular weight excluding hydrogens is 168 g/mol. The number of rotatable bonds is 5. The molecule has 0 aromatic rings. The van der Waals surface area contributed by atoms with Gasteiger partial charge in [0.15, 0.2) is 0 Å². The van der Waals surface area contributed by atoms with E-state index >= 15 is 0 Å². The van der Waals surface area contributed by atoms with Crippen LogP contribution in [0.1, 0.15) is 13.3 Å². The summed E-state index contributed by atoms with van der Waals surface area (Å²) in [4.78, 5) is 20.3. The Bertz CT molecular complexity index is 157. The highest BCUT2D eigenvalue weighted by Crippen LogP contribution is 2.13. The van der Waals surface area contributed by atoms with E-state index < -0.39 is 23.6 Å². The van der Waals surface area contributed by atoms with E-state index in [0.29, 0.717) is 5.75 Å². The number of hydrogen-bond acceptors (Lipinski definition) is 4. The van der Waals surface area contributed by atoms with Crippen LogP contribution in [-0.4, -0.2) is 28.0 Å². The van der Waals surface area contributed by atoms with Gasteiger partial charge in [-0.2, -0.15) is 0 Å². The normalized spacial score (nSPS) is 12.5. The summed E-state index contributed by atoms with van der Waals surface area (Å²) in [5.41, 5.74) is 0. The first-order valence-electron chi connectivity index (χ1n) is 3.12. The molecule has 1 atom stereocenters. The zero-order valence-electron chi connectivity index (χ0n) is 6.07. The van der Waals surface area contributed by atoms with Crippen LogP contribution in [0, 0.1) is 0 Å². The molecule has 0 radical (unpaired) electrons. The Morgan fingerprint density at radius 3 is 2.45 bits per heavy atom. The SMILES string of the molecule is CCSC(CC(=O)[O-])C(=O)O. The molecule has 1 N–H and O–H groups in total. The second kappa shape index (κ2) is 5.01. The second-order valence-electron chi connectivity index (χ2n) is 1.86. The molecule has 64 valence electrons. The van der Waals surface area contributed by atoms with E-state index in [2.05, 4.69) is 0 Å². The first kappa shape index (κ1) is 10.3. The number of carboxylic acids is 2. The highest BCUT2D eigenvalue weighted by Gasteiger charge is 2.16. The number of carboxylic acid groups (broad SMARTS) is 2. The van der Waals surface area contributed by atoms with Gasteiger partial charge in [0.05, 0.1) is 0 Å². The molecule has 0 aromatic carbocycles. The molecule has 0 fully saturated rings. The van der Waals surface area contributed by atoms with Crippen LogP contribution >= 0.6 is 11.8 Å². The first-order valence-corrected chi connectivity index (χ1v) is 4.17. The third-order valence-electron chi connectivity index (χ3n) is 0.995. The molecular formula is C6H9O4S-. The summed E-state index contributed by atoms with van der Waals surface area (Å²) >= 11 is 1.09. The highest BCUT2D eigenvalue weighted by molar-refractivity contribution is 8.00. The minimum absolute atomic E-state index is 0.423. The lowest BCUT2D eigenvalue weighted by molar-refractivity contribution is -0.305. The van der Waals surface area contributed by atoms with Crippen molar-refractivity contribution in [2.24, 2.45) is 0 Å². The molecule has 0 spiro atoms. The Labute approximate surface area is 68.6 Å². The Hall–Kier alpha value is -0.710. The van der Waals surface area contributed by atoms with Crippen molar-refractivity contribution >= 4 is 23.7 Å². The Balaban J connectivity index is 3.89. The highest BCUT2D eigenvalue weighted by atomic mass is 32.2. The first-order chi connectivity index (χ1) is 5.07.